The number of allylic oxidation sites excluding steroid dienone is 4. The topological polar surface area (TPSA) is 9.23 Å². The second-order valence-electron chi connectivity index (χ2n) is 7.93. The number of rotatable bonds is 2. The lowest BCUT2D eigenvalue weighted by Gasteiger charge is -2.47. The Hall–Kier alpha value is -1.50. The lowest BCUT2D eigenvalue weighted by atomic mass is 9.56. The zero-order chi connectivity index (χ0) is 17.2. The fourth-order valence-corrected chi connectivity index (χ4v) is 6.02. The van der Waals surface area contributed by atoms with Gasteiger partial charge >= 0.3 is 0 Å². The van der Waals surface area contributed by atoms with Gasteiger partial charge in [-0.2, -0.15) is 0 Å². The first kappa shape index (κ1) is 16.4. The van der Waals surface area contributed by atoms with Crippen molar-refractivity contribution in [3.8, 4) is 5.75 Å². The standard InChI is InChI=1S/C22H30O/c1-9-19-20(5)14(2)15(3)21(6,16(20)4)22(19,7)17-10-12-18(23-8)13-11-17/h9-13,16H,1-8H3/b19-9+. The minimum Gasteiger partial charge on any atom is -0.497 e. The van der Waals surface area contributed by atoms with Gasteiger partial charge in [-0.3, -0.25) is 0 Å². The molecule has 0 amide bonds. The van der Waals surface area contributed by atoms with E-state index in [1.54, 1.807) is 23.8 Å². The zero-order valence-electron chi connectivity index (χ0n) is 15.9. The van der Waals surface area contributed by atoms with Crippen LogP contribution < -0.4 is 4.74 Å². The van der Waals surface area contributed by atoms with Gasteiger partial charge in [-0.05, 0) is 44.4 Å². The van der Waals surface area contributed by atoms with Gasteiger partial charge in [0.25, 0.3) is 0 Å². The molecule has 0 spiro atoms. The highest BCUT2D eigenvalue weighted by molar-refractivity contribution is 5.60. The van der Waals surface area contributed by atoms with Crippen molar-refractivity contribution in [2.75, 3.05) is 7.11 Å². The molecule has 1 saturated carbocycles. The Balaban J connectivity index is 2.30. The monoisotopic (exact) mass is 310 g/mol. The van der Waals surface area contributed by atoms with Crippen molar-refractivity contribution in [3.05, 3.63) is 52.6 Å². The van der Waals surface area contributed by atoms with Crippen molar-refractivity contribution >= 4 is 0 Å². The second kappa shape index (κ2) is 4.75. The molecule has 4 atom stereocenters. The minimum absolute atomic E-state index is 0.0335. The Morgan fingerprint density at radius 3 is 2.04 bits per heavy atom. The van der Waals surface area contributed by atoms with Crippen LogP contribution in [0.15, 0.2) is 47.1 Å². The van der Waals surface area contributed by atoms with Crippen LogP contribution in [0.1, 0.15) is 54.0 Å². The Labute approximate surface area is 141 Å². The molecule has 2 aliphatic rings. The zero-order valence-corrected chi connectivity index (χ0v) is 15.9. The van der Waals surface area contributed by atoms with Gasteiger partial charge in [0.1, 0.15) is 5.75 Å². The van der Waals surface area contributed by atoms with Gasteiger partial charge in [0.15, 0.2) is 0 Å². The van der Waals surface area contributed by atoms with E-state index in [1.165, 1.54) is 5.56 Å². The first-order chi connectivity index (χ1) is 10.7. The summed E-state index contributed by atoms with van der Waals surface area (Å²) >= 11 is 0. The molecule has 0 N–H and O–H groups in total. The summed E-state index contributed by atoms with van der Waals surface area (Å²) < 4.78 is 5.36. The molecule has 2 aliphatic carbocycles. The van der Waals surface area contributed by atoms with Gasteiger partial charge in [-0.1, -0.05) is 62.6 Å². The lowest BCUT2D eigenvalue weighted by Crippen LogP contribution is -2.42. The summed E-state index contributed by atoms with van der Waals surface area (Å²) in [7, 11) is 1.73. The smallest absolute Gasteiger partial charge is 0.118 e. The quantitative estimate of drug-likeness (QED) is 0.617. The number of hydrogen-bond acceptors (Lipinski definition) is 1. The van der Waals surface area contributed by atoms with Crippen LogP contribution in [0.3, 0.4) is 0 Å². The van der Waals surface area contributed by atoms with Gasteiger partial charge in [0, 0.05) is 16.2 Å². The Morgan fingerprint density at radius 1 is 1.00 bits per heavy atom. The summed E-state index contributed by atoms with van der Waals surface area (Å²) in [6.07, 6.45) is 2.38. The minimum atomic E-state index is 0.0335. The molecule has 3 rings (SSSR count). The average molecular weight is 310 g/mol. The summed E-state index contributed by atoms with van der Waals surface area (Å²) in [6.45, 7) is 16.7. The Bertz CT molecular complexity index is 708. The van der Waals surface area contributed by atoms with Crippen LogP contribution in [0.2, 0.25) is 0 Å². The number of ether oxygens (including phenoxy) is 1. The third kappa shape index (κ3) is 1.54. The van der Waals surface area contributed by atoms with Crippen LogP contribution in [0.25, 0.3) is 0 Å². The van der Waals surface area contributed by atoms with Gasteiger partial charge in [-0.25, -0.2) is 0 Å². The molecule has 0 saturated heterocycles. The third-order valence-electron chi connectivity index (χ3n) is 7.95. The van der Waals surface area contributed by atoms with Gasteiger partial charge < -0.3 is 4.74 Å². The van der Waals surface area contributed by atoms with Crippen molar-refractivity contribution in [2.24, 2.45) is 16.7 Å². The molecule has 1 fully saturated rings. The molecule has 0 aliphatic heterocycles. The van der Waals surface area contributed by atoms with Gasteiger partial charge in [0.05, 0.1) is 7.11 Å². The fourth-order valence-electron chi connectivity index (χ4n) is 6.02. The van der Waals surface area contributed by atoms with Crippen LogP contribution in [0.5, 0.6) is 5.75 Å². The van der Waals surface area contributed by atoms with Gasteiger partial charge in [-0.15, -0.1) is 0 Å². The van der Waals surface area contributed by atoms with E-state index < -0.39 is 0 Å². The van der Waals surface area contributed by atoms with Crippen molar-refractivity contribution in [2.45, 2.75) is 53.9 Å². The maximum atomic E-state index is 5.36. The maximum absolute atomic E-state index is 5.36. The van der Waals surface area contributed by atoms with Gasteiger partial charge in [0.2, 0.25) is 0 Å². The third-order valence-corrected chi connectivity index (χ3v) is 7.95. The molecule has 4 unspecified atom stereocenters. The highest BCUT2D eigenvalue weighted by Crippen LogP contribution is 2.76. The largest absolute Gasteiger partial charge is 0.497 e. The van der Waals surface area contributed by atoms with Crippen molar-refractivity contribution in [1.29, 1.82) is 0 Å². The Kier molecular flexibility index (Phi) is 3.38. The molecule has 1 heteroatoms. The number of fused-ring (bicyclic) bond motifs is 2. The summed E-state index contributed by atoms with van der Waals surface area (Å²) in [4.78, 5) is 0. The lowest BCUT2D eigenvalue weighted by molar-refractivity contribution is 0.198. The summed E-state index contributed by atoms with van der Waals surface area (Å²) in [6, 6.07) is 8.71. The van der Waals surface area contributed by atoms with Crippen molar-refractivity contribution in [3.63, 3.8) is 0 Å². The summed E-state index contributed by atoms with van der Waals surface area (Å²) in [5.74, 6) is 1.53. The fraction of sp³-hybridized carbons (Fsp3) is 0.545. The molecular formula is C22H30O. The van der Waals surface area contributed by atoms with E-state index in [2.05, 4.69) is 78.8 Å². The highest BCUT2D eigenvalue weighted by atomic mass is 16.5. The molecular weight excluding hydrogens is 280 g/mol. The van der Waals surface area contributed by atoms with E-state index in [0.29, 0.717) is 5.92 Å². The molecule has 0 aromatic heterocycles. The molecule has 124 valence electrons. The summed E-state index contributed by atoms with van der Waals surface area (Å²) in [5, 5.41) is 0. The van der Waals surface area contributed by atoms with Crippen molar-refractivity contribution < 1.29 is 4.74 Å². The number of benzene rings is 1. The molecule has 1 aromatic rings. The molecule has 1 aromatic carbocycles. The van der Waals surface area contributed by atoms with Crippen molar-refractivity contribution in [1.82, 2.24) is 0 Å². The highest BCUT2D eigenvalue weighted by Gasteiger charge is 2.70. The number of hydrogen-bond donors (Lipinski definition) is 0. The molecule has 23 heavy (non-hydrogen) atoms. The second-order valence-corrected chi connectivity index (χ2v) is 7.93. The Morgan fingerprint density at radius 2 is 1.57 bits per heavy atom. The van der Waals surface area contributed by atoms with E-state index in [1.807, 2.05) is 0 Å². The maximum Gasteiger partial charge on any atom is 0.118 e. The van der Waals surface area contributed by atoms with Crippen LogP contribution >= 0.6 is 0 Å². The molecule has 2 bridgehead atoms. The van der Waals surface area contributed by atoms with E-state index in [4.69, 9.17) is 4.74 Å². The van der Waals surface area contributed by atoms with E-state index >= 15 is 0 Å². The SMILES string of the molecule is C/C=C1\C2(C)C(C)=C(C)C(C)(C2C)C1(C)c1ccc(OC)cc1. The predicted molar refractivity (Wildman–Crippen MR) is 97.9 cm³/mol. The molecule has 0 radical (unpaired) electrons. The average Bonchev–Trinajstić information content (AvgIpc) is 2.78. The summed E-state index contributed by atoms with van der Waals surface area (Å²) in [5.41, 5.74) is 6.49. The first-order valence-electron chi connectivity index (χ1n) is 8.70. The van der Waals surface area contributed by atoms with Crippen LogP contribution in [-0.4, -0.2) is 7.11 Å². The van der Waals surface area contributed by atoms with Crippen LogP contribution in [0, 0.1) is 16.7 Å². The van der Waals surface area contributed by atoms with Crippen LogP contribution in [-0.2, 0) is 5.41 Å². The molecule has 1 nitrogen and oxygen atoms in total. The molecule has 0 heterocycles. The number of methoxy groups -OCH3 is 1. The van der Waals surface area contributed by atoms with E-state index in [0.717, 1.165) is 5.75 Å². The predicted octanol–water partition coefficient (Wildman–Crippen LogP) is 5.91. The first-order valence-corrected chi connectivity index (χ1v) is 8.70. The normalized spacial score (nSPS) is 41.0. The van der Waals surface area contributed by atoms with E-state index in [9.17, 15) is 0 Å². The van der Waals surface area contributed by atoms with E-state index in [-0.39, 0.29) is 16.2 Å². The van der Waals surface area contributed by atoms with Crippen LogP contribution in [0.4, 0.5) is 0 Å².